The number of ether oxygens (including phenoxy) is 3. The molecule has 4 nitrogen and oxygen atoms in total. The highest BCUT2D eigenvalue weighted by atomic mass is 16.5. The highest BCUT2D eigenvalue weighted by Crippen LogP contribution is 2.39. The molecule has 0 aromatic heterocycles. The van der Waals surface area contributed by atoms with E-state index in [-0.39, 0.29) is 5.97 Å². The summed E-state index contributed by atoms with van der Waals surface area (Å²) in [4.78, 5) is 12.0. The Kier molecular flexibility index (Phi) is 3.59. The van der Waals surface area contributed by atoms with Crippen molar-refractivity contribution in [2.75, 3.05) is 14.2 Å². The summed E-state index contributed by atoms with van der Waals surface area (Å²) in [7, 11) is 3.10. The molecule has 0 aliphatic carbocycles. The maximum absolute atomic E-state index is 12.0. The van der Waals surface area contributed by atoms with Gasteiger partial charge in [0, 0.05) is 5.56 Å². The van der Waals surface area contributed by atoms with Crippen molar-refractivity contribution in [2.45, 2.75) is 6.92 Å². The quantitative estimate of drug-likeness (QED) is 0.810. The highest BCUT2D eigenvalue weighted by molar-refractivity contribution is 6.06. The summed E-state index contributed by atoms with van der Waals surface area (Å²) in [6.45, 7) is 2.03. The number of cyclic esters (lactones) is 1. The first-order chi connectivity index (χ1) is 10.6. The molecule has 2 aromatic rings. The van der Waals surface area contributed by atoms with Crippen LogP contribution in [-0.2, 0) is 4.74 Å². The van der Waals surface area contributed by atoms with Gasteiger partial charge in [-0.05, 0) is 30.7 Å². The third kappa shape index (κ3) is 2.44. The zero-order chi connectivity index (χ0) is 15.7. The van der Waals surface area contributed by atoms with Crippen molar-refractivity contribution >= 4 is 17.8 Å². The van der Waals surface area contributed by atoms with Gasteiger partial charge in [0.05, 0.1) is 19.8 Å². The molecule has 0 N–H and O–H groups in total. The largest absolute Gasteiger partial charge is 0.493 e. The average Bonchev–Trinajstić information content (AvgIpc) is 2.83. The minimum absolute atomic E-state index is 0.380. The number of esters is 1. The zero-order valence-corrected chi connectivity index (χ0v) is 12.7. The minimum Gasteiger partial charge on any atom is -0.493 e. The number of hydrogen-bond acceptors (Lipinski definition) is 4. The average molecular weight is 296 g/mol. The Balaban J connectivity index is 2.08. The Bertz CT molecular complexity index is 757. The lowest BCUT2D eigenvalue weighted by atomic mass is 10.0. The summed E-state index contributed by atoms with van der Waals surface area (Å²) in [5.74, 6) is 1.21. The third-order valence-electron chi connectivity index (χ3n) is 3.59. The SMILES string of the molecule is COc1cc2c(cc1OC)/C(=C/c1ccc(C)cc1)OC2=O. The highest BCUT2D eigenvalue weighted by Gasteiger charge is 2.28. The zero-order valence-electron chi connectivity index (χ0n) is 12.7. The van der Waals surface area contributed by atoms with Crippen LogP contribution in [0.5, 0.6) is 11.5 Å². The maximum Gasteiger partial charge on any atom is 0.344 e. The number of rotatable bonds is 3. The van der Waals surface area contributed by atoms with Gasteiger partial charge in [0.2, 0.25) is 0 Å². The Hall–Kier alpha value is -2.75. The Morgan fingerprint density at radius 2 is 1.55 bits per heavy atom. The van der Waals surface area contributed by atoms with Gasteiger partial charge >= 0.3 is 5.97 Å². The molecule has 0 atom stereocenters. The van der Waals surface area contributed by atoms with Crippen LogP contribution >= 0.6 is 0 Å². The van der Waals surface area contributed by atoms with Crippen molar-refractivity contribution in [3.05, 3.63) is 58.7 Å². The van der Waals surface area contributed by atoms with E-state index in [0.717, 1.165) is 5.56 Å². The second kappa shape index (κ2) is 5.56. The van der Waals surface area contributed by atoms with Crippen LogP contribution in [0, 0.1) is 6.92 Å². The summed E-state index contributed by atoms with van der Waals surface area (Å²) in [5, 5.41) is 0. The van der Waals surface area contributed by atoms with Crippen LogP contribution in [0.25, 0.3) is 11.8 Å². The van der Waals surface area contributed by atoms with E-state index in [1.807, 2.05) is 37.3 Å². The molecule has 4 heteroatoms. The van der Waals surface area contributed by atoms with E-state index >= 15 is 0 Å². The van der Waals surface area contributed by atoms with Crippen LogP contribution in [-0.4, -0.2) is 20.2 Å². The second-order valence-electron chi connectivity index (χ2n) is 5.06. The lowest BCUT2D eigenvalue weighted by molar-refractivity contribution is 0.0717. The van der Waals surface area contributed by atoms with Gasteiger partial charge in [-0.15, -0.1) is 0 Å². The fourth-order valence-corrected chi connectivity index (χ4v) is 2.38. The van der Waals surface area contributed by atoms with Gasteiger partial charge in [0.15, 0.2) is 11.5 Å². The van der Waals surface area contributed by atoms with Gasteiger partial charge < -0.3 is 14.2 Å². The first kappa shape index (κ1) is 14.2. The molecule has 0 spiro atoms. The van der Waals surface area contributed by atoms with Crippen LogP contribution in [0.1, 0.15) is 27.0 Å². The lowest BCUT2D eigenvalue weighted by Crippen LogP contribution is -1.96. The van der Waals surface area contributed by atoms with Crippen molar-refractivity contribution in [2.24, 2.45) is 0 Å². The number of benzene rings is 2. The van der Waals surface area contributed by atoms with Gasteiger partial charge in [-0.3, -0.25) is 0 Å². The van der Waals surface area contributed by atoms with Gasteiger partial charge in [0.1, 0.15) is 5.76 Å². The number of carbonyl (C=O) groups excluding carboxylic acids is 1. The van der Waals surface area contributed by atoms with Crippen LogP contribution < -0.4 is 9.47 Å². The standard InChI is InChI=1S/C18H16O4/c1-11-4-6-12(7-5-11)8-15-13-9-16(20-2)17(21-3)10-14(13)18(19)22-15/h4-10H,1-3H3/b15-8-. The summed E-state index contributed by atoms with van der Waals surface area (Å²) in [6.07, 6.45) is 1.84. The normalized spacial score (nSPS) is 14.7. The number of fused-ring (bicyclic) bond motifs is 1. The van der Waals surface area contributed by atoms with Crippen molar-refractivity contribution in [3.8, 4) is 11.5 Å². The van der Waals surface area contributed by atoms with Crippen LogP contribution in [0.4, 0.5) is 0 Å². The maximum atomic E-state index is 12.0. The van der Waals surface area contributed by atoms with Crippen molar-refractivity contribution in [1.82, 2.24) is 0 Å². The minimum atomic E-state index is -0.380. The van der Waals surface area contributed by atoms with Gasteiger partial charge in [-0.25, -0.2) is 4.79 Å². The topological polar surface area (TPSA) is 44.8 Å². The Morgan fingerprint density at radius 1 is 0.955 bits per heavy atom. The predicted molar refractivity (Wildman–Crippen MR) is 84.0 cm³/mol. The molecule has 0 fully saturated rings. The van der Waals surface area contributed by atoms with Crippen molar-refractivity contribution in [3.63, 3.8) is 0 Å². The molecule has 0 saturated heterocycles. The van der Waals surface area contributed by atoms with Gasteiger partial charge in [-0.2, -0.15) is 0 Å². The molecule has 3 rings (SSSR count). The number of carbonyl (C=O) groups is 1. The number of aryl methyl sites for hydroxylation is 1. The van der Waals surface area contributed by atoms with E-state index in [1.54, 1.807) is 19.2 Å². The summed E-state index contributed by atoms with van der Waals surface area (Å²) < 4.78 is 15.9. The summed E-state index contributed by atoms with van der Waals surface area (Å²) >= 11 is 0. The molecule has 0 saturated carbocycles. The lowest BCUT2D eigenvalue weighted by Gasteiger charge is -2.08. The summed E-state index contributed by atoms with van der Waals surface area (Å²) in [6, 6.07) is 11.4. The Labute approximate surface area is 128 Å². The van der Waals surface area contributed by atoms with Crippen molar-refractivity contribution in [1.29, 1.82) is 0 Å². The van der Waals surface area contributed by atoms with Gasteiger partial charge in [-0.1, -0.05) is 29.8 Å². The molecule has 0 unspecified atom stereocenters. The van der Waals surface area contributed by atoms with E-state index in [0.29, 0.717) is 28.4 Å². The van der Waals surface area contributed by atoms with E-state index in [1.165, 1.54) is 12.7 Å². The monoisotopic (exact) mass is 296 g/mol. The molecular weight excluding hydrogens is 280 g/mol. The molecular formula is C18H16O4. The van der Waals surface area contributed by atoms with E-state index in [9.17, 15) is 4.79 Å². The smallest absolute Gasteiger partial charge is 0.344 e. The first-order valence-corrected chi connectivity index (χ1v) is 6.89. The summed E-state index contributed by atoms with van der Waals surface area (Å²) in [5.41, 5.74) is 3.34. The van der Waals surface area contributed by atoms with E-state index in [2.05, 4.69) is 0 Å². The van der Waals surface area contributed by atoms with E-state index in [4.69, 9.17) is 14.2 Å². The molecule has 0 bridgehead atoms. The Morgan fingerprint density at radius 3 is 2.14 bits per heavy atom. The molecule has 1 aliphatic rings. The van der Waals surface area contributed by atoms with Crippen LogP contribution in [0.3, 0.4) is 0 Å². The van der Waals surface area contributed by atoms with Crippen LogP contribution in [0.2, 0.25) is 0 Å². The van der Waals surface area contributed by atoms with Crippen LogP contribution in [0.15, 0.2) is 36.4 Å². The number of hydrogen-bond donors (Lipinski definition) is 0. The first-order valence-electron chi connectivity index (χ1n) is 6.89. The van der Waals surface area contributed by atoms with Crippen molar-refractivity contribution < 1.29 is 19.0 Å². The second-order valence-corrected chi connectivity index (χ2v) is 5.06. The van der Waals surface area contributed by atoms with Gasteiger partial charge in [0.25, 0.3) is 0 Å². The third-order valence-corrected chi connectivity index (χ3v) is 3.59. The predicted octanol–water partition coefficient (Wildman–Crippen LogP) is 3.68. The fraction of sp³-hybridized carbons (Fsp3) is 0.167. The molecule has 2 aromatic carbocycles. The molecule has 0 radical (unpaired) electrons. The number of methoxy groups -OCH3 is 2. The molecule has 1 heterocycles. The molecule has 1 aliphatic heterocycles. The molecule has 112 valence electrons. The molecule has 22 heavy (non-hydrogen) atoms. The van der Waals surface area contributed by atoms with E-state index < -0.39 is 0 Å². The molecule has 0 amide bonds. The fourth-order valence-electron chi connectivity index (χ4n) is 2.38.